The molecule has 1 aliphatic rings. The van der Waals surface area contributed by atoms with E-state index in [-0.39, 0.29) is 0 Å². The van der Waals surface area contributed by atoms with Gasteiger partial charge >= 0.3 is 0 Å². The maximum absolute atomic E-state index is 13.5. The number of halogens is 2. The van der Waals surface area contributed by atoms with Gasteiger partial charge in [-0.3, -0.25) is 4.90 Å². The van der Waals surface area contributed by atoms with E-state index in [9.17, 15) is 8.78 Å². The van der Waals surface area contributed by atoms with E-state index in [1.165, 1.54) is 0 Å². The lowest BCUT2D eigenvalue weighted by atomic mass is 9.99. The summed E-state index contributed by atoms with van der Waals surface area (Å²) in [5.41, 5.74) is 2.85. The number of hydrogen-bond donors (Lipinski definition) is 1. The second-order valence-corrected chi connectivity index (χ2v) is 5.55. The topological polar surface area (TPSA) is 15.3 Å². The molecule has 4 heteroatoms. The Labute approximate surface area is 129 Å². The summed E-state index contributed by atoms with van der Waals surface area (Å²) < 4.78 is 27.1. The van der Waals surface area contributed by atoms with Crippen LogP contribution in [0.4, 0.5) is 8.78 Å². The molecule has 0 saturated carbocycles. The van der Waals surface area contributed by atoms with Gasteiger partial charge in [0.05, 0.1) is 6.04 Å². The summed E-state index contributed by atoms with van der Waals surface area (Å²) in [4.78, 5) is 1.87. The minimum atomic E-state index is -2.37. The Hall–Kier alpha value is -1.78. The minimum absolute atomic E-state index is 0.662. The number of alkyl halides is 2. The first-order valence-corrected chi connectivity index (χ1v) is 7.64. The van der Waals surface area contributed by atoms with Crippen LogP contribution in [0.2, 0.25) is 0 Å². The number of benzene rings is 2. The van der Waals surface area contributed by atoms with Crippen molar-refractivity contribution in [3.05, 3.63) is 60.2 Å². The first kappa shape index (κ1) is 15.1. The second kappa shape index (κ2) is 6.99. The highest BCUT2D eigenvalue weighted by atomic mass is 19.3. The zero-order valence-corrected chi connectivity index (χ0v) is 12.4. The fourth-order valence-corrected chi connectivity index (χ4v) is 2.98. The van der Waals surface area contributed by atoms with Crippen LogP contribution in [-0.2, 0) is 0 Å². The molecule has 2 aromatic rings. The number of hydrogen-bond acceptors (Lipinski definition) is 2. The molecule has 116 valence electrons. The molecule has 22 heavy (non-hydrogen) atoms. The van der Waals surface area contributed by atoms with Crippen molar-refractivity contribution < 1.29 is 8.78 Å². The Balaban J connectivity index is 1.83. The van der Waals surface area contributed by atoms with Gasteiger partial charge in [0, 0.05) is 26.2 Å². The largest absolute Gasteiger partial charge is 0.314 e. The minimum Gasteiger partial charge on any atom is -0.314 e. The third-order valence-electron chi connectivity index (χ3n) is 4.14. The molecular formula is C18H20F2N2. The number of nitrogens with one attached hydrogen (secondary N) is 1. The van der Waals surface area contributed by atoms with E-state index < -0.39 is 12.5 Å². The average Bonchev–Trinajstić information content (AvgIpc) is 2.57. The smallest absolute Gasteiger partial charge is 0.258 e. The molecule has 1 fully saturated rings. The Kier molecular flexibility index (Phi) is 4.80. The van der Waals surface area contributed by atoms with E-state index >= 15 is 0 Å². The molecule has 0 aromatic heterocycles. The molecule has 2 nitrogen and oxygen atoms in total. The van der Waals surface area contributed by atoms with Gasteiger partial charge in [0.15, 0.2) is 0 Å². The van der Waals surface area contributed by atoms with E-state index in [0.29, 0.717) is 18.7 Å². The van der Waals surface area contributed by atoms with Crippen molar-refractivity contribution in [2.24, 2.45) is 0 Å². The van der Waals surface area contributed by atoms with Gasteiger partial charge in [0.25, 0.3) is 6.43 Å². The van der Waals surface area contributed by atoms with Crippen LogP contribution >= 0.6 is 0 Å². The van der Waals surface area contributed by atoms with Gasteiger partial charge in [-0.05, 0) is 16.7 Å². The Morgan fingerprint density at radius 3 is 2.00 bits per heavy atom. The Morgan fingerprint density at radius 2 is 1.41 bits per heavy atom. The van der Waals surface area contributed by atoms with Gasteiger partial charge in [-0.2, -0.15) is 0 Å². The van der Waals surface area contributed by atoms with Crippen molar-refractivity contribution in [1.82, 2.24) is 10.2 Å². The highest BCUT2D eigenvalue weighted by molar-refractivity contribution is 5.63. The SMILES string of the molecule is FC(F)[C@@H](c1ccc(-c2ccccc2)cc1)N1CCNCC1. The quantitative estimate of drug-likeness (QED) is 0.929. The molecule has 0 unspecified atom stereocenters. The van der Waals surface area contributed by atoms with E-state index in [0.717, 1.165) is 24.2 Å². The first-order chi connectivity index (χ1) is 10.8. The molecule has 0 radical (unpaired) electrons. The lowest BCUT2D eigenvalue weighted by Gasteiger charge is -2.34. The fourth-order valence-electron chi connectivity index (χ4n) is 2.98. The van der Waals surface area contributed by atoms with E-state index in [2.05, 4.69) is 5.32 Å². The molecule has 2 aromatic carbocycles. The zero-order valence-electron chi connectivity index (χ0n) is 12.4. The first-order valence-electron chi connectivity index (χ1n) is 7.64. The maximum atomic E-state index is 13.5. The van der Waals surface area contributed by atoms with Crippen molar-refractivity contribution in [2.45, 2.75) is 12.5 Å². The zero-order chi connectivity index (χ0) is 15.4. The van der Waals surface area contributed by atoms with Crippen LogP contribution < -0.4 is 5.32 Å². The summed E-state index contributed by atoms with van der Waals surface area (Å²) in [5.74, 6) is 0. The van der Waals surface area contributed by atoms with Crippen molar-refractivity contribution in [1.29, 1.82) is 0 Å². The Bertz CT molecular complexity index is 578. The summed E-state index contributed by atoms with van der Waals surface area (Å²) >= 11 is 0. The van der Waals surface area contributed by atoms with Gasteiger partial charge < -0.3 is 5.32 Å². The van der Waals surface area contributed by atoms with Gasteiger partial charge in [0.1, 0.15) is 0 Å². The van der Waals surface area contributed by atoms with Gasteiger partial charge in [-0.15, -0.1) is 0 Å². The molecule has 3 rings (SSSR count). The predicted molar refractivity (Wildman–Crippen MR) is 85.1 cm³/mol. The molecule has 0 amide bonds. The van der Waals surface area contributed by atoms with Crippen LogP contribution in [0.15, 0.2) is 54.6 Å². The average molecular weight is 302 g/mol. The molecule has 1 heterocycles. The molecule has 1 aliphatic heterocycles. The molecular weight excluding hydrogens is 282 g/mol. The van der Waals surface area contributed by atoms with Crippen LogP contribution in [0, 0.1) is 0 Å². The number of nitrogens with zero attached hydrogens (tertiary/aromatic N) is 1. The van der Waals surface area contributed by atoms with Gasteiger partial charge in [-0.1, -0.05) is 54.6 Å². The standard InChI is InChI=1S/C18H20F2N2/c19-18(20)17(22-12-10-21-11-13-22)16-8-6-15(7-9-16)14-4-2-1-3-5-14/h1-9,17-18,21H,10-13H2/t17-/m1/s1. The highest BCUT2D eigenvalue weighted by Gasteiger charge is 2.29. The summed E-state index contributed by atoms with van der Waals surface area (Å²) in [6, 6.07) is 16.7. The normalized spacial score (nSPS) is 17.6. The van der Waals surface area contributed by atoms with E-state index in [1.807, 2.05) is 59.5 Å². The monoisotopic (exact) mass is 302 g/mol. The summed E-state index contributed by atoms with van der Waals surface area (Å²) in [7, 11) is 0. The lowest BCUT2D eigenvalue weighted by molar-refractivity contribution is 0.0182. The predicted octanol–water partition coefficient (Wildman–Crippen LogP) is 3.57. The van der Waals surface area contributed by atoms with Crippen LogP contribution in [0.25, 0.3) is 11.1 Å². The molecule has 1 N–H and O–H groups in total. The van der Waals surface area contributed by atoms with Crippen molar-refractivity contribution in [2.75, 3.05) is 26.2 Å². The third-order valence-corrected chi connectivity index (χ3v) is 4.14. The van der Waals surface area contributed by atoms with Crippen LogP contribution in [0.3, 0.4) is 0 Å². The van der Waals surface area contributed by atoms with Crippen molar-refractivity contribution in [3.63, 3.8) is 0 Å². The summed E-state index contributed by atoms with van der Waals surface area (Å²) in [5, 5.41) is 3.20. The highest BCUT2D eigenvalue weighted by Crippen LogP contribution is 2.29. The molecule has 1 saturated heterocycles. The second-order valence-electron chi connectivity index (χ2n) is 5.55. The third kappa shape index (κ3) is 3.34. The molecule has 1 atom stereocenters. The Morgan fingerprint density at radius 1 is 0.818 bits per heavy atom. The van der Waals surface area contributed by atoms with Crippen LogP contribution in [-0.4, -0.2) is 37.5 Å². The van der Waals surface area contributed by atoms with Crippen LogP contribution in [0.1, 0.15) is 11.6 Å². The fraction of sp³-hybridized carbons (Fsp3) is 0.333. The molecule has 0 bridgehead atoms. The van der Waals surface area contributed by atoms with Crippen molar-refractivity contribution >= 4 is 0 Å². The maximum Gasteiger partial charge on any atom is 0.258 e. The number of rotatable bonds is 4. The van der Waals surface area contributed by atoms with E-state index in [1.54, 1.807) is 0 Å². The molecule has 0 spiro atoms. The summed E-state index contributed by atoms with van der Waals surface area (Å²) in [6.45, 7) is 2.86. The lowest BCUT2D eigenvalue weighted by Crippen LogP contribution is -2.46. The van der Waals surface area contributed by atoms with Crippen LogP contribution in [0.5, 0.6) is 0 Å². The van der Waals surface area contributed by atoms with E-state index in [4.69, 9.17) is 0 Å². The van der Waals surface area contributed by atoms with Gasteiger partial charge in [-0.25, -0.2) is 8.78 Å². The van der Waals surface area contributed by atoms with Crippen molar-refractivity contribution in [3.8, 4) is 11.1 Å². The van der Waals surface area contributed by atoms with Gasteiger partial charge in [0.2, 0.25) is 0 Å². The summed E-state index contributed by atoms with van der Waals surface area (Å²) in [6.07, 6.45) is -2.37. The molecule has 0 aliphatic carbocycles. The number of piperazine rings is 1.